The molecule has 0 bridgehead atoms. The van der Waals surface area contributed by atoms with E-state index in [9.17, 15) is 19.2 Å². The van der Waals surface area contributed by atoms with Crippen molar-refractivity contribution in [1.29, 1.82) is 0 Å². The molecule has 2 atom stereocenters. The van der Waals surface area contributed by atoms with Gasteiger partial charge in [0.05, 0.1) is 6.42 Å². The van der Waals surface area contributed by atoms with Crippen LogP contribution in [0, 0.1) is 0 Å². The zero-order chi connectivity index (χ0) is 16.3. The number of hydrogen-bond acceptors (Lipinski definition) is 6. The Morgan fingerprint density at radius 3 is 1.45 bits per heavy atom. The highest BCUT2D eigenvalue weighted by atomic mass is 16.5. The third kappa shape index (κ3) is 11.3. The summed E-state index contributed by atoms with van der Waals surface area (Å²) >= 11 is 0. The maximum absolute atomic E-state index is 10.5. The third-order valence-corrected chi connectivity index (χ3v) is 2.13. The number of ketones is 2. The summed E-state index contributed by atoms with van der Waals surface area (Å²) < 4.78 is 9.09. The van der Waals surface area contributed by atoms with Crippen molar-refractivity contribution in [2.45, 2.75) is 38.9 Å². The number of methoxy groups -OCH3 is 2. The first-order valence-electron chi connectivity index (χ1n) is 5.65. The van der Waals surface area contributed by atoms with Crippen molar-refractivity contribution in [3.05, 3.63) is 0 Å². The Hall–Kier alpha value is -1.80. The molecule has 116 valence electrons. The number of carboxylic acids is 2. The minimum Gasteiger partial charge on any atom is -0.481 e. The molecule has 8 nitrogen and oxygen atoms in total. The van der Waals surface area contributed by atoms with Gasteiger partial charge in [0.25, 0.3) is 0 Å². The van der Waals surface area contributed by atoms with Crippen molar-refractivity contribution in [1.82, 2.24) is 0 Å². The maximum atomic E-state index is 10.5. The van der Waals surface area contributed by atoms with E-state index in [0.29, 0.717) is 0 Å². The number of Topliss-reactive ketones (excluding diaryl/α,β-unsaturated/α-hetero) is 2. The van der Waals surface area contributed by atoms with Crippen LogP contribution in [0.5, 0.6) is 0 Å². The van der Waals surface area contributed by atoms with E-state index in [0.717, 1.165) is 0 Å². The van der Waals surface area contributed by atoms with Crippen molar-refractivity contribution in [2.75, 3.05) is 14.2 Å². The molecule has 0 heterocycles. The van der Waals surface area contributed by atoms with Crippen molar-refractivity contribution < 1.29 is 38.9 Å². The Kier molecular flexibility index (Phi) is 11.3. The first kappa shape index (κ1) is 20.5. The molecule has 0 aliphatic heterocycles. The molecular formula is C12H20O8. The van der Waals surface area contributed by atoms with Gasteiger partial charge < -0.3 is 19.7 Å². The van der Waals surface area contributed by atoms with Gasteiger partial charge in [0.1, 0.15) is 11.9 Å². The fourth-order valence-corrected chi connectivity index (χ4v) is 1.08. The molecule has 2 N–H and O–H groups in total. The second kappa shape index (κ2) is 11.1. The average Bonchev–Trinajstić information content (AvgIpc) is 2.32. The van der Waals surface area contributed by atoms with E-state index in [1.165, 1.54) is 28.1 Å². The van der Waals surface area contributed by atoms with Crippen molar-refractivity contribution >= 4 is 23.5 Å². The van der Waals surface area contributed by atoms with Crippen LogP contribution in [0.4, 0.5) is 0 Å². The summed E-state index contributed by atoms with van der Waals surface area (Å²) in [4.78, 5) is 41.1. The van der Waals surface area contributed by atoms with E-state index in [4.69, 9.17) is 10.2 Å². The van der Waals surface area contributed by atoms with Gasteiger partial charge in [0, 0.05) is 20.6 Å². The van der Waals surface area contributed by atoms with Gasteiger partial charge in [-0.15, -0.1) is 0 Å². The Morgan fingerprint density at radius 2 is 1.35 bits per heavy atom. The minimum absolute atomic E-state index is 0.0637. The highest BCUT2D eigenvalue weighted by Crippen LogP contribution is 1.98. The molecule has 2 unspecified atom stereocenters. The SMILES string of the molecule is COC(CC(=O)O)C(C)=O.COC(CC(C)=O)C(=O)O. The first-order chi connectivity index (χ1) is 9.15. The van der Waals surface area contributed by atoms with Crippen LogP contribution in [-0.4, -0.2) is 60.1 Å². The lowest BCUT2D eigenvalue weighted by molar-refractivity contribution is -0.150. The Bertz CT molecular complexity index is 315. The minimum atomic E-state index is -1.10. The van der Waals surface area contributed by atoms with Crippen LogP contribution in [0.15, 0.2) is 0 Å². The molecule has 0 aliphatic carbocycles. The quantitative estimate of drug-likeness (QED) is 0.646. The smallest absolute Gasteiger partial charge is 0.333 e. The first-order valence-corrected chi connectivity index (χ1v) is 5.65. The van der Waals surface area contributed by atoms with Gasteiger partial charge in [-0.05, 0) is 13.8 Å². The van der Waals surface area contributed by atoms with Gasteiger partial charge in [0.2, 0.25) is 0 Å². The number of rotatable bonds is 8. The summed E-state index contributed by atoms with van der Waals surface area (Å²) in [5.41, 5.74) is 0. The standard InChI is InChI=1S/2C6H10O4/c1-4(7)5(10-2)3-6(8)9;1-4(7)3-5(10-2)6(8)9/h2*5H,3H2,1-2H3,(H,8,9). The fraction of sp³-hybridized carbons (Fsp3) is 0.667. The Morgan fingerprint density at radius 1 is 0.900 bits per heavy atom. The van der Waals surface area contributed by atoms with Crippen molar-refractivity contribution in [2.24, 2.45) is 0 Å². The zero-order valence-corrected chi connectivity index (χ0v) is 11.9. The lowest BCUT2D eigenvalue weighted by Crippen LogP contribution is -2.24. The van der Waals surface area contributed by atoms with E-state index in [1.54, 1.807) is 0 Å². The predicted octanol–water partition coefficient (Wildman–Crippen LogP) is 0.130. The van der Waals surface area contributed by atoms with Crippen LogP contribution in [0.3, 0.4) is 0 Å². The number of hydrogen-bond donors (Lipinski definition) is 2. The summed E-state index contributed by atoms with van der Waals surface area (Å²) in [7, 11) is 2.58. The molecule has 0 aromatic heterocycles. The lowest BCUT2D eigenvalue weighted by Gasteiger charge is -2.06. The number of carbonyl (C=O) groups excluding carboxylic acids is 2. The third-order valence-electron chi connectivity index (χ3n) is 2.13. The van der Waals surface area contributed by atoms with Crippen LogP contribution >= 0.6 is 0 Å². The van der Waals surface area contributed by atoms with Crippen LogP contribution in [0.2, 0.25) is 0 Å². The molecule has 8 heteroatoms. The second-order valence-electron chi connectivity index (χ2n) is 3.90. The largest absolute Gasteiger partial charge is 0.481 e. The summed E-state index contributed by atoms with van der Waals surface area (Å²) in [6, 6.07) is 0. The molecule has 0 fully saturated rings. The monoisotopic (exact) mass is 292 g/mol. The van der Waals surface area contributed by atoms with E-state index in [-0.39, 0.29) is 24.4 Å². The topological polar surface area (TPSA) is 127 Å². The molecule has 0 aliphatic rings. The summed E-state index contributed by atoms with van der Waals surface area (Å²) in [6.45, 7) is 2.63. The summed E-state index contributed by atoms with van der Waals surface area (Å²) in [5.74, 6) is -2.57. The van der Waals surface area contributed by atoms with E-state index in [2.05, 4.69) is 9.47 Å². The van der Waals surface area contributed by atoms with Crippen molar-refractivity contribution in [3.8, 4) is 0 Å². The van der Waals surface area contributed by atoms with E-state index >= 15 is 0 Å². The summed E-state index contributed by atoms with van der Waals surface area (Å²) in [5, 5.41) is 16.6. The normalized spacial score (nSPS) is 12.6. The molecule has 0 radical (unpaired) electrons. The van der Waals surface area contributed by atoms with Gasteiger partial charge in [-0.2, -0.15) is 0 Å². The number of aliphatic carboxylic acids is 2. The van der Waals surface area contributed by atoms with Crippen LogP contribution in [-0.2, 0) is 28.7 Å². The molecular weight excluding hydrogens is 272 g/mol. The maximum Gasteiger partial charge on any atom is 0.333 e. The predicted molar refractivity (Wildman–Crippen MR) is 67.5 cm³/mol. The highest BCUT2D eigenvalue weighted by molar-refractivity contribution is 5.85. The molecule has 0 saturated heterocycles. The Balaban J connectivity index is 0. The van der Waals surface area contributed by atoms with E-state index in [1.807, 2.05) is 0 Å². The number of carboxylic acid groups (broad SMARTS) is 2. The molecule has 20 heavy (non-hydrogen) atoms. The molecule has 0 amide bonds. The van der Waals surface area contributed by atoms with Gasteiger partial charge in [-0.25, -0.2) is 4.79 Å². The van der Waals surface area contributed by atoms with E-state index < -0.39 is 24.1 Å². The van der Waals surface area contributed by atoms with Crippen LogP contribution in [0.25, 0.3) is 0 Å². The van der Waals surface area contributed by atoms with Gasteiger partial charge in [-0.1, -0.05) is 0 Å². The number of ether oxygens (including phenoxy) is 2. The molecule has 0 spiro atoms. The zero-order valence-electron chi connectivity index (χ0n) is 11.9. The molecule has 0 aromatic carbocycles. The van der Waals surface area contributed by atoms with Crippen LogP contribution in [0.1, 0.15) is 26.7 Å². The molecule has 0 rings (SSSR count). The fourth-order valence-electron chi connectivity index (χ4n) is 1.08. The second-order valence-corrected chi connectivity index (χ2v) is 3.90. The average molecular weight is 292 g/mol. The summed E-state index contributed by atoms with van der Waals surface area (Å²) in [6.07, 6.45) is -2.10. The highest BCUT2D eigenvalue weighted by Gasteiger charge is 2.17. The van der Waals surface area contributed by atoms with Gasteiger partial charge >= 0.3 is 11.9 Å². The van der Waals surface area contributed by atoms with Gasteiger partial charge in [0.15, 0.2) is 11.9 Å². The number of carbonyl (C=O) groups is 4. The molecule has 0 aromatic rings. The Labute approximate surface area is 116 Å². The van der Waals surface area contributed by atoms with Crippen LogP contribution < -0.4 is 0 Å². The van der Waals surface area contributed by atoms with Crippen molar-refractivity contribution in [3.63, 3.8) is 0 Å². The lowest BCUT2D eigenvalue weighted by atomic mass is 10.2. The van der Waals surface area contributed by atoms with Gasteiger partial charge in [-0.3, -0.25) is 14.4 Å². The molecule has 0 saturated carbocycles.